The van der Waals surface area contributed by atoms with Crippen LogP contribution < -0.4 is 5.73 Å². The monoisotopic (exact) mass is 347 g/mol. The summed E-state index contributed by atoms with van der Waals surface area (Å²) in [6.45, 7) is 1.95. The van der Waals surface area contributed by atoms with Gasteiger partial charge in [-0.05, 0) is 53.2 Å². The average molecular weight is 348 g/mol. The minimum Gasteiger partial charge on any atom is -0.399 e. The van der Waals surface area contributed by atoms with Gasteiger partial charge in [0, 0.05) is 15.7 Å². The van der Waals surface area contributed by atoms with Crippen LogP contribution >= 0.6 is 15.9 Å². The van der Waals surface area contributed by atoms with Crippen molar-refractivity contribution in [3.05, 3.63) is 52.3 Å². The van der Waals surface area contributed by atoms with Crippen LogP contribution in [0.25, 0.3) is 17.1 Å². The Morgan fingerprint density at radius 2 is 2.00 bits per heavy atom. The molecule has 1 aromatic heterocycles. The van der Waals surface area contributed by atoms with Crippen molar-refractivity contribution in [2.24, 2.45) is 0 Å². The molecule has 0 atom stereocenters. The Hall–Kier alpha value is -2.28. The van der Waals surface area contributed by atoms with E-state index < -0.39 is 5.82 Å². The molecule has 2 N–H and O–H groups in total. The number of tetrazole rings is 1. The summed E-state index contributed by atoms with van der Waals surface area (Å²) in [7, 11) is 0. The number of aryl methyl sites for hydroxylation is 1. The summed E-state index contributed by atoms with van der Waals surface area (Å²) in [5.41, 5.74) is 8.34. The van der Waals surface area contributed by atoms with Gasteiger partial charge in [0.2, 0.25) is 0 Å². The van der Waals surface area contributed by atoms with Crippen molar-refractivity contribution in [2.45, 2.75) is 6.92 Å². The predicted octanol–water partition coefficient (Wildman–Crippen LogP) is 3.12. The fourth-order valence-electron chi connectivity index (χ4n) is 2.08. The molecule has 0 amide bonds. The zero-order chi connectivity index (χ0) is 15.0. The molecule has 0 aliphatic rings. The second-order valence-electron chi connectivity index (χ2n) is 4.62. The van der Waals surface area contributed by atoms with Crippen LogP contribution in [-0.4, -0.2) is 20.2 Å². The van der Waals surface area contributed by atoms with Crippen molar-refractivity contribution >= 4 is 21.6 Å². The van der Waals surface area contributed by atoms with Crippen molar-refractivity contribution in [3.63, 3.8) is 0 Å². The summed E-state index contributed by atoms with van der Waals surface area (Å²) < 4.78 is 16.0. The number of nitrogens with zero attached hydrogens (tertiary/aromatic N) is 4. The maximum atomic E-state index is 13.5. The molecule has 0 unspecified atom stereocenters. The molecule has 0 bridgehead atoms. The fraction of sp³-hybridized carbons (Fsp3) is 0.0714. The highest BCUT2D eigenvalue weighted by Crippen LogP contribution is 2.25. The van der Waals surface area contributed by atoms with Gasteiger partial charge in [-0.25, -0.2) is 4.39 Å². The molecule has 0 fully saturated rings. The maximum absolute atomic E-state index is 13.5. The summed E-state index contributed by atoms with van der Waals surface area (Å²) in [6.07, 6.45) is 0. The number of aromatic nitrogens is 4. The molecule has 2 aromatic carbocycles. The largest absolute Gasteiger partial charge is 0.399 e. The highest BCUT2D eigenvalue weighted by atomic mass is 79.9. The summed E-state index contributed by atoms with van der Waals surface area (Å²) >= 11 is 3.42. The van der Waals surface area contributed by atoms with Gasteiger partial charge < -0.3 is 5.73 Å². The van der Waals surface area contributed by atoms with E-state index in [1.807, 2.05) is 25.1 Å². The zero-order valence-electron chi connectivity index (χ0n) is 11.1. The molecular formula is C14H11BrFN5. The fourth-order valence-corrected chi connectivity index (χ4v) is 2.43. The van der Waals surface area contributed by atoms with Crippen LogP contribution in [0.1, 0.15) is 5.56 Å². The van der Waals surface area contributed by atoms with Gasteiger partial charge in [0.05, 0.1) is 5.69 Å². The van der Waals surface area contributed by atoms with Gasteiger partial charge in [-0.15, -0.1) is 5.10 Å². The highest BCUT2D eigenvalue weighted by molar-refractivity contribution is 9.10. The lowest BCUT2D eigenvalue weighted by molar-refractivity contribution is 0.628. The Labute approximate surface area is 128 Å². The first kappa shape index (κ1) is 13.7. The van der Waals surface area contributed by atoms with Crippen LogP contribution in [0.5, 0.6) is 0 Å². The molecule has 3 rings (SSSR count). The Balaban J connectivity index is 2.19. The molecule has 1 heterocycles. The lowest BCUT2D eigenvalue weighted by atomic mass is 10.1. The summed E-state index contributed by atoms with van der Waals surface area (Å²) in [5.74, 6) is 0.00733. The Morgan fingerprint density at radius 3 is 2.76 bits per heavy atom. The summed E-state index contributed by atoms with van der Waals surface area (Å²) in [5, 5.41) is 11.7. The number of hydrogen-bond donors (Lipinski definition) is 1. The second kappa shape index (κ2) is 5.25. The number of anilines is 1. The van der Waals surface area contributed by atoms with Crippen molar-refractivity contribution in [3.8, 4) is 17.1 Å². The van der Waals surface area contributed by atoms with Crippen molar-refractivity contribution < 1.29 is 4.39 Å². The molecule has 0 aliphatic heterocycles. The predicted molar refractivity (Wildman–Crippen MR) is 81.4 cm³/mol. The Bertz CT molecular complexity index is 795. The van der Waals surface area contributed by atoms with Gasteiger partial charge in [-0.2, -0.15) is 4.68 Å². The number of benzene rings is 2. The van der Waals surface area contributed by atoms with Gasteiger partial charge in [0.15, 0.2) is 5.82 Å². The molecular weight excluding hydrogens is 337 g/mol. The molecule has 21 heavy (non-hydrogen) atoms. The molecule has 106 valence electrons. The molecule has 3 aromatic rings. The molecule has 5 nitrogen and oxygen atoms in total. The Kier molecular flexibility index (Phi) is 3.42. The van der Waals surface area contributed by atoms with E-state index >= 15 is 0 Å². The minimum absolute atomic E-state index is 0.325. The molecule has 0 saturated carbocycles. The second-order valence-corrected chi connectivity index (χ2v) is 5.53. The first-order chi connectivity index (χ1) is 10.0. The first-order valence-corrected chi connectivity index (χ1v) is 6.95. The number of halogens is 2. The van der Waals surface area contributed by atoms with E-state index in [9.17, 15) is 4.39 Å². The van der Waals surface area contributed by atoms with E-state index in [-0.39, 0.29) is 0 Å². The lowest BCUT2D eigenvalue weighted by Gasteiger charge is -2.09. The zero-order valence-corrected chi connectivity index (χ0v) is 12.7. The summed E-state index contributed by atoms with van der Waals surface area (Å²) in [4.78, 5) is 0. The SMILES string of the molecule is Cc1ccc(Br)cc1-n1nnnc1-c1cc(N)cc(F)c1. The number of nitrogen functional groups attached to an aromatic ring is 1. The minimum atomic E-state index is -0.425. The quantitative estimate of drug-likeness (QED) is 0.723. The topological polar surface area (TPSA) is 69.6 Å². The standard InChI is InChI=1S/C14H11BrFN5/c1-8-2-3-10(15)6-13(8)21-14(18-19-20-21)9-4-11(16)7-12(17)5-9/h2-7H,17H2,1H3. The lowest BCUT2D eigenvalue weighted by Crippen LogP contribution is -2.02. The van der Waals surface area contributed by atoms with Crippen molar-refractivity contribution in [1.29, 1.82) is 0 Å². The van der Waals surface area contributed by atoms with E-state index in [1.54, 1.807) is 10.7 Å². The van der Waals surface area contributed by atoms with Crippen LogP contribution in [0.2, 0.25) is 0 Å². The van der Waals surface area contributed by atoms with E-state index in [4.69, 9.17) is 5.73 Å². The van der Waals surface area contributed by atoms with E-state index in [0.29, 0.717) is 17.1 Å². The molecule has 0 radical (unpaired) electrons. The molecule has 0 aliphatic carbocycles. The highest BCUT2D eigenvalue weighted by Gasteiger charge is 2.14. The van der Waals surface area contributed by atoms with Gasteiger partial charge in [0.1, 0.15) is 5.82 Å². The molecule has 0 saturated heterocycles. The smallest absolute Gasteiger partial charge is 0.187 e. The number of hydrogen-bond acceptors (Lipinski definition) is 4. The third-order valence-electron chi connectivity index (χ3n) is 3.05. The normalized spacial score (nSPS) is 10.8. The number of rotatable bonds is 2. The van der Waals surface area contributed by atoms with Gasteiger partial charge in [-0.3, -0.25) is 0 Å². The third-order valence-corrected chi connectivity index (χ3v) is 3.54. The number of nitrogens with two attached hydrogens (primary N) is 1. The van der Waals surface area contributed by atoms with Gasteiger partial charge >= 0.3 is 0 Å². The van der Waals surface area contributed by atoms with E-state index in [0.717, 1.165) is 15.7 Å². The molecule has 0 spiro atoms. The Morgan fingerprint density at radius 1 is 1.19 bits per heavy atom. The first-order valence-electron chi connectivity index (χ1n) is 6.16. The van der Waals surface area contributed by atoms with Crippen LogP contribution in [-0.2, 0) is 0 Å². The van der Waals surface area contributed by atoms with Crippen molar-refractivity contribution in [1.82, 2.24) is 20.2 Å². The van der Waals surface area contributed by atoms with Crippen LogP contribution in [0, 0.1) is 12.7 Å². The maximum Gasteiger partial charge on any atom is 0.187 e. The van der Waals surface area contributed by atoms with E-state index in [2.05, 4.69) is 31.5 Å². The van der Waals surface area contributed by atoms with Gasteiger partial charge in [0.25, 0.3) is 0 Å². The van der Waals surface area contributed by atoms with Crippen LogP contribution in [0.15, 0.2) is 40.9 Å². The van der Waals surface area contributed by atoms with Crippen LogP contribution in [0.4, 0.5) is 10.1 Å². The van der Waals surface area contributed by atoms with Crippen molar-refractivity contribution in [2.75, 3.05) is 5.73 Å². The molecule has 7 heteroatoms. The summed E-state index contributed by atoms with van der Waals surface area (Å²) in [6, 6.07) is 10.0. The average Bonchev–Trinajstić information content (AvgIpc) is 2.89. The van der Waals surface area contributed by atoms with Crippen LogP contribution in [0.3, 0.4) is 0 Å². The third kappa shape index (κ3) is 2.64. The van der Waals surface area contributed by atoms with Gasteiger partial charge in [-0.1, -0.05) is 22.0 Å². The van der Waals surface area contributed by atoms with E-state index in [1.165, 1.54) is 12.1 Å².